The minimum absolute atomic E-state index is 0.0338. The van der Waals surface area contributed by atoms with Gasteiger partial charge < -0.3 is 15.4 Å². The molecule has 1 aliphatic carbocycles. The third kappa shape index (κ3) is 6.22. The Morgan fingerprint density at radius 2 is 1.74 bits per heavy atom. The average Bonchev–Trinajstić information content (AvgIpc) is 3.19. The maximum absolute atomic E-state index is 13.0. The predicted octanol–water partition coefficient (Wildman–Crippen LogP) is 2.40. The number of sulfonamides is 1. The molecule has 2 amide bonds. The van der Waals surface area contributed by atoms with Crippen LogP contribution >= 0.6 is 0 Å². The van der Waals surface area contributed by atoms with E-state index >= 15 is 0 Å². The molecule has 192 valence electrons. The molecule has 1 saturated carbocycles. The number of methoxy groups -OCH3 is 1. The molecule has 3 aliphatic rings. The second-order valence-corrected chi connectivity index (χ2v) is 11.9. The van der Waals surface area contributed by atoms with E-state index in [1.165, 1.54) is 30.7 Å². The van der Waals surface area contributed by atoms with Crippen LogP contribution in [-0.4, -0.2) is 68.6 Å². The van der Waals surface area contributed by atoms with Gasteiger partial charge in [0.25, 0.3) is 5.91 Å². The van der Waals surface area contributed by atoms with Crippen molar-refractivity contribution in [3.8, 4) is 0 Å². The van der Waals surface area contributed by atoms with Gasteiger partial charge in [0.1, 0.15) is 11.4 Å². The molecule has 2 aliphatic heterocycles. The fraction of sp³-hybridized carbons (Fsp3) is 0.640. The molecule has 1 saturated heterocycles. The number of benzene rings is 1. The lowest BCUT2D eigenvalue weighted by molar-refractivity contribution is -0.125. The first-order valence-corrected chi connectivity index (χ1v) is 14.2. The maximum atomic E-state index is 13.0. The second kappa shape index (κ2) is 11.1. The molecule has 2 N–H and O–H groups in total. The Hall–Kier alpha value is -2.46. The Morgan fingerprint density at radius 3 is 2.37 bits per heavy atom. The highest BCUT2D eigenvalue weighted by Gasteiger charge is 2.48. The number of rotatable bonds is 8. The first-order chi connectivity index (χ1) is 16.8. The number of carbonyl (C=O) groups is 2. The van der Waals surface area contributed by atoms with Gasteiger partial charge in [0.05, 0.1) is 12.9 Å². The van der Waals surface area contributed by atoms with E-state index in [0.717, 1.165) is 29.8 Å². The van der Waals surface area contributed by atoms with Crippen molar-refractivity contribution in [1.29, 1.82) is 0 Å². The zero-order valence-electron chi connectivity index (χ0n) is 20.4. The Bertz CT molecular complexity index is 1040. The van der Waals surface area contributed by atoms with E-state index in [4.69, 9.17) is 4.99 Å². The van der Waals surface area contributed by atoms with Crippen molar-refractivity contribution in [2.24, 2.45) is 10.9 Å². The van der Waals surface area contributed by atoms with Crippen LogP contribution in [0.4, 0.5) is 4.79 Å². The molecule has 2 fully saturated rings. The van der Waals surface area contributed by atoms with Gasteiger partial charge in [-0.15, -0.1) is 0 Å². The molecule has 9 nitrogen and oxygen atoms in total. The molecule has 0 atom stereocenters. The Labute approximate surface area is 207 Å². The first kappa shape index (κ1) is 25.6. The molecular weight excluding hydrogens is 468 g/mol. The molecule has 0 bridgehead atoms. The SMILES string of the molecule is COC(=O)NCCc1ccc(CCS(=O)(=O)N2CCC3(CC2)N=C(C2CCCCC2)NC3=O)cc1. The average molecular weight is 505 g/mol. The van der Waals surface area contributed by atoms with Crippen molar-refractivity contribution in [2.75, 3.05) is 32.5 Å². The van der Waals surface area contributed by atoms with Crippen LogP contribution in [0.3, 0.4) is 0 Å². The van der Waals surface area contributed by atoms with Gasteiger partial charge in [-0.3, -0.25) is 9.79 Å². The highest BCUT2D eigenvalue weighted by Crippen LogP contribution is 2.34. The summed E-state index contributed by atoms with van der Waals surface area (Å²) in [5.74, 6) is 1.14. The van der Waals surface area contributed by atoms with Gasteiger partial charge in [-0.1, -0.05) is 43.5 Å². The smallest absolute Gasteiger partial charge is 0.406 e. The topological polar surface area (TPSA) is 117 Å². The lowest BCUT2D eigenvalue weighted by atomic mass is 9.88. The van der Waals surface area contributed by atoms with Gasteiger partial charge in [0, 0.05) is 25.6 Å². The van der Waals surface area contributed by atoms with Gasteiger partial charge in [-0.25, -0.2) is 17.5 Å². The summed E-state index contributed by atoms with van der Waals surface area (Å²) >= 11 is 0. The van der Waals surface area contributed by atoms with E-state index in [2.05, 4.69) is 15.4 Å². The van der Waals surface area contributed by atoms with Crippen molar-refractivity contribution >= 4 is 27.9 Å². The van der Waals surface area contributed by atoms with Crippen molar-refractivity contribution in [1.82, 2.24) is 14.9 Å². The van der Waals surface area contributed by atoms with Crippen LogP contribution in [0.2, 0.25) is 0 Å². The van der Waals surface area contributed by atoms with Gasteiger partial charge in [0.15, 0.2) is 0 Å². The van der Waals surface area contributed by atoms with Crippen LogP contribution in [0.5, 0.6) is 0 Å². The van der Waals surface area contributed by atoms with Gasteiger partial charge in [-0.2, -0.15) is 0 Å². The largest absolute Gasteiger partial charge is 0.453 e. The molecule has 1 aromatic rings. The van der Waals surface area contributed by atoms with Crippen molar-refractivity contribution in [3.05, 3.63) is 35.4 Å². The fourth-order valence-corrected chi connectivity index (χ4v) is 6.70. The van der Waals surface area contributed by atoms with Crippen LogP contribution in [0.1, 0.15) is 56.1 Å². The summed E-state index contributed by atoms with van der Waals surface area (Å²) in [6.07, 6.45) is 7.24. The number of alkyl carbamates (subject to hydrolysis) is 1. The molecule has 10 heteroatoms. The number of hydrogen-bond acceptors (Lipinski definition) is 6. The summed E-state index contributed by atoms with van der Waals surface area (Å²) < 4.78 is 32.1. The number of piperidine rings is 1. The Morgan fingerprint density at radius 1 is 1.11 bits per heavy atom. The molecule has 0 radical (unpaired) electrons. The van der Waals surface area contributed by atoms with Crippen LogP contribution in [0.25, 0.3) is 0 Å². The lowest BCUT2D eigenvalue weighted by Gasteiger charge is -2.34. The first-order valence-electron chi connectivity index (χ1n) is 12.6. The number of ether oxygens (including phenoxy) is 1. The van der Waals surface area contributed by atoms with Crippen LogP contribution in [-0.2, 0) is 32.4 Å². The Balaban J connectivity index is 1.27. The molecule has 1 spiro atoms. The number of nitrogens with zero attached hydrogens (tertiary/aromatic N) is 2. The molecule has 0 aromatic heterocycles. The third-order valence-corrected chi connectivity index (χ3v) is 9.35. The number of nitrogens with one attached hydrogen (secondary N) is 2. The van der Waals surface area contributed by atoms with Crippen LogP contribution in [0.15, 0.2) is 29.3 Å². The molecule has 2 heterocycles. The van der Waals surface area contributed by atoms with Crippen LogP contribution < -0.4 is 10.6 Å². The lowest BCUT2D eigenvalue weighted by Crippen LogP contribution is -2.51. The highest BCUT2D eigenvalue weighted by molar-refractivity contribution is 7.89. The zero-order valence-corrected chi connectivity index (χ0v) is 21.2. The second-order valence-electron chi connectivity index (χ2n) is 9.77. The van der Waals surface area contributed by atoms with E-state index in [9.17, 15) is 18.0 Å². The minimum Gasteiger partial charge on any atom is -0.453 e. The van der Waals surface area contributed by atoms with Gasteiger partial charge in [-0.05, 0) is 49.7 Å². The summed E-state index contributed by atoms with van der Waals surface area (Å²) in [6, 6.07) is 7.76. The van der Waals surface area contributed by atoms with Crippen LogP contribution in [0, 0.1) is 5.92 Å². The van der Waals surface area contributed by atoms with E-state index in [1.54, 1.807) is 0 Å². The highest BCUT2D eigenvalue weighted by atomic mass is 32.2. The zero-order chi connectivity index (χ0) is 24.9. The van der Waals surface area contributed by atoms with E-state index in [0.29, 0.717) is 51.2 Å². The van der Waals surface area contributed by atoms with Gasteiger partial charge in [0.2, 0.25) is 10.0 Å². The summed E-state index contributed by atoms with van der Waals surface area (Å²) in [5, 5.41) is 5.66. The summed E-state index contributed by atoms with van der Waals surface area (Å²) in [4.78, 5) is 28.7. The number of hydrogen-bond donors (Lipinski definition) is 2. The predicted molar refractivity (Wildman–Crippen MR) is 134 cm³/mol. The van der Waals surface area contributed by atoms with E-state index in [1.807, 2.05) is 24.3 Å². The number of amidine groups is 1. The summed E-state index contributed by atoms with van der Waals surface area (Å²) in [6.45, 7) is 1.12. The van der Waals surface area contributed by atoms with Crippen molar-refractivity contribution in [2.45, 2.75) is 63.3 Å². The standard InChI is InChI=1S/C25H36N4O5S/c1-34-24(31)26-15-11-19-7-9-20(10-8-19)12-18-35(32,33)29-16-13-25(14-17-29)23(30)27-22(28-25)21-5-3-2-4-6-21/h7-10,21H,2-6,11-18H2,1H3,(H,26,31)(H,27,28,30). The fourth-order valence-electron chi connectivity index (χ4n) is 5.21. The van der Waals surface area contributed by atoms with Crippen molar-refractivity contribution in [3.63, 3.8) is 0 Å². The third-order valence-electron chi connectivity index (χ3n) is 7.47. The molecule has 1 aromatic carbocycles. The monoisotopic (exact) mass is 504 g/mol. The number of aliphatic imine (C=N–C) groups is 1. The number of carbonyl (C=O) groups excluding carboxylic acids is 2. The van der Waals surface area contributed by atoms with E-state index < -0.39 is 21.7 Å². The Kier molecular flexibility index (Phi) is 8.11. The van der Waals surface area contributed by atoms with Crippen molar-refractivity contribution < 1.29 is 22.7 Å². The molecule has 35 heavy (non-hydrogen) atoms. The summed E-state index contributed by atoms with van der Waals surface area (Å²) in [7, 11) is -2.10. The number of amides is 2. The summed E-state index contributed by atoms with van der Waals surface area (Å²) in [5.41, 5.74) is 1.21. The normalized spacial score (nSPS) is 20.9. The van der Waals surface area contributed by atoms with E-state index in [-0.39, 0.29) is 11.7 Å². The van der Waals surface area contributed by atoms with Gasteiger partial charge >= 0.3 is 6.09 Å². The molecule has 4 rings (SSSR count). The maximum Gasteiger partial charge on any atom is 0.406 e. The number of aryl methyl sites for hydroxylation is 1. The molecular formula is C25H36N4O5S. The quantitative estimate of drug-likeness (QED) is 0.564. The minimum atomic E-state index is -3.42. The molecule has 0 unspecified atom stereocenters.